The van der Waals surface area contributed by atoms with Gasteiger partial charge < -0.3 is 14.8 Å². The van der Waals surface area contributed by atoms with Gasteiger partial charge in [-0.2, -0.15) is 0 Å². The SMILES string of the molecule is COCCCNC(=O)O[C@@H]1C[C@@H](C)CCC1C(C)C. The van der Waals surface area contributed by atoms with E-state index in [1.807, 2.05) is 0 Å². The molecule has 1 saturated carbocycles. The van der Waals surface area contributed by atoms with Crippen molar-refractivity contribution in [2.45, 2.75) is 52.6 Å². The minimum atomic E-state index is -0.277. The number of hydrogen-bond donors (Lipinski definition) is 1. The van der Waals surface area contributed by atoms with Gasteiger partial charge in [0.15, 0.2) is 0 Å². The fourth-order valence-electron chi connectivity index (χ4n) is 2.84. The summed E-state index contributed by atoms with van der Waals surface area (Å²) in [7, 11) is 1.66. The first-order chi connectivity index (χ1) is 9.04. The van der Waals surface area contributed by atoms with Gasteiger partial charge in [0.2, 0.25) is 0 Å². The van der Waals surface area contributed by atoms with Crippen molar-refractivity contribution in [3.8, 4) is 0 Å². The molecule has 0 spiro atoms. The summed E-state index contributed by atoms with van der Waals surface area (Å²) >= 11 is 0. The monoisotopic (exact) mass is 271 g/mol. The summed E-state index contributed by atoms with van der Waals surface area (Å²) in [5.74, 6) is 1.72. The Morgan fingerprint density at radius 3 is 2.74 bits per heavy atom. The lowest BCUT2D eigenvalue weighted by Gasteiger charge is -2.36. The minimum absolute atomic E-state index is 0.0752. The smallest absolute Gasteiger partial charge is 0.407 e. The van der Waals surface area contributed by atoms with Gasteiger partial charge in [-0.05, 0) is 37.0 Å². The van der Waals surface area contributed by atoms with Gasteiger partial charge in [-0.15, -0.1) is 0 Å². The van der Waals surface area contributed by atoms with Crippen LogP contribution in [0.1, 0.15) is 46.5 Å². The molecule has 0 aromatic heterocycles. The Morgan fingerprint density at radius 1 is 1.37 bits per heavy atom. The highest BCUT2D eigenvalue weighted by Gasteiger charge is 2.33. The van der Waals surface area contributed by atoms with Crippen molar-refractivity contribution in [2.75, 3.05) is 20.3 Å². The molecule has 1 aliphatic carbocycles. The van der Waals surface area contributed by atoms with Gasteiger partial charge in [-0.1, -0.05) is 27.2 Å². The average molecular weight is 271 g/mol. The van der Waals surface area contributed by atoms with Crippen LogP contribution in [0.2, 0.25) is 0 Å². The Hall–Kier alpha value is -0.770. The third-order valence-corrected chi connectivity index (χ3v) is 4.01. The predicted octanol–water partition coefficient (Wildman–Crippen LogP) is 3.21. The average Bonchev–Trinajstić information content (AvgIpc) is 2.34. The second-order valence-electron chi connectivity index (χ2n) is 6.04. The zero-order valence-electron chi connectivity index (χ0n) is 12.8. The van der Waals surface area contributed by atoms with E-state index in [0.29, 0.717) is 30.9 Å². The Kier molecular flexibility index (Phi) is 7.21. The highest BCUT2D eigenvalue weighted by atomic mass is 16.6. The third-order valence-electron chi connectivity index (χ3n) is 4.01. The maximum Gasteiger partial charge on any atom is 0.407 e. The van der Waals surface area contributed by atoms with Gasteiger partial charge in [0.1, 0.15) is 6.10 Å². The first kappa shape index (κ1) is 16.3. The molecule has 4 heteroatoms. The van der Waals surface area contributed by atoms with E-state index in [2.05, 4.69) is 26.1 Å². The molecule has 1 N–H and O–H groups in total. The van der Waals surface area contributed by atoms with E-state index < -0.39 is 0 Å². The Morgan fingerprint density at radius 2 is 2.11 bits per heavy atom. The quantitative estimate of drug-likeness (QED) is 0.755. The molecular weight excluding hydrogens is 242 g/mol. The Labute approximate surface area is 117 Å². The summed E-state index contributed by atoms with van der Waals surface area (Å²) in [6.45, 7) is 7.95. The molecule has 1 rings (SSSR count). The van der Waals surface area contributed by atoms with Crippen molar-refractivity contribution in [3.05, 3.63) is 0 Å². The summed E-state index contributed by atoms with van der Waals surface area (Å²) in [4.78, 5) is 11.8. The van der Waals surface area contributed by atoms with Gasteiger partial charge in [-0.3, -0.25) is 0 Å². The van der Waals surface area contributed by atoms with Crippen LogP contribution in [0.4, 0.5) is 4.79 Å². The molecule has 4 nitrogen and oxygen atoms in total. The molecule has 0 radical (unpaired) electrons. The van der Waals surface area contributed by atoms with Crippen molar-refractivity contribution in [1.29, 1.82) is 0 Å². The maximum absolute atomic E-state index is 11.8. The van der Waals surface area contributed by atoms with E-state index >= 15 is 0 Å². The van der Waals surface area contributed by atoms with Crippen LogP contribution in [0.3, 0.4) is 0 Å². The number of rotatable bonds is 6. The zero-order chi connectivity index (χ0) is 14.3. The van der Waals surface area contributed by atoms with Crippen molar-refractivity contribution in [3.63, 3.8) is 0 Å². The van der Waals surface area contributed by atoms with Crippen molar-refractivity contribution in [1.82, 2.24) is 5.32 Å². The van der Waals surface area contributed by atoms with E-state index in [1.54, 1.807) is 7.11 Å². The number of nitrogens with one attached hydrogen (secondary N) is 1. The topological polar surface area (TPSA) is 47.6 Å². The van der Waals surface area contributed by atoms with Crippen LogP contribution >= 0.6 is 0 Å². The van der Waals surface area contributed by atoms with E-state index in [-0.39, 0.29) is 12.2 Å². The molecular formula is C15H29NO3. The first-order valence-electron chi connectivity index (χ1n) is 7.48. The molecule has 0 bridgehead atoms. The molecule has 0 aliphatic heterocycles. The standard InChI is InChI=1S/C15H29NO3/c1-11(2)13-7-6-12(3)10-14(13)19-15(17)16-8-5-9-18-4/h11-14H,5-10H2,1-4H3,(H,16,17)/t12-,13?,14+/m0/s1. The number of hydrogen-bond acceptors (Lipinski definition) is 3. The molecule has 3 atom stereocenters. The Balaban J connectivity index is 2.36. The first-order valence-corrected chi connectivity index (χ1v) is 7.48. The van der Waals surface area contributed by atoms with E-state index in [1.165, 1.54) is 12.8 Å². The minimum Gasteiger partial charge on any atom is -0.446 e. The van der Waals surface area contributed by atoms with Crippen LogP contribution in [-0.2, 0) is 9.47 Å². The van der Waals surface area contributed by atoms with Crippen LogP contribution in [0.5, 0.6) is 0 Å². The van der Waals surface area contributed by atoms with Gasteiger partial charge in [0.05, 0.1) is 0 Å². The molecule has 1 unspecified atom stereocenters. The summed E-state index contributed by atoms with van der Waals surface area (Å²) in [6, 6.07) is 0. The third kappa shape index (κ3) is 5.81. The largest absolute Gasteiger partial charge is 0.446 e. The lowest BCUT2D eigenvalue weighted by molar-refractivity contribution is 0.00609. The highest BCUT2D eigenvalue weighted by Crippen LogP contribution is 2.35. The fourth-order valence-corrected chi connectivity index (χ4v) is 2.84. The molecule has 0 aromatic carbocycles. The van der Waals surface area contributed by atoms with Crippen LogP contribution in [-0.4, -0.2) is 32.5 Å². The molecule has 112 valence electrons. The number of methoxy groups -OCH3 is 1. The van der Waals surface area contributed by atoms with Crippen LogP contribution in [0.25, 0.3) is 0 Å². The van der Waals surface area contributed by atoms with Crippen molar-refractivity contribution < 1.29 is 14.3 Å². The normalized spacial score (nSPS) is 27.3. The number of carbonyl (C=O) groups is 1. The maximum atomic E-state index is 11.8. The number of alkyl carbamates (subject to hydrolysis) is 1. The molecule has 1 amide bonds. The van der Waals surface area contributed by atoms with E-state index in [0.717, 1.165) is 12.8 Å². The Bertz CT molecular complexity index is 268. The summed E-state index contributed by atoms with van der Waals surface area (Å²) < 4.78 is 10.6. The number of ether oxygens (including phenoxy) is 2. The van der Waals surface area contributed by atoms with Crippen LogP contribution in [0.15, 0.2) is 0 Å². The number of amides is 1. The lowest BCUT2D eigenvalue weighted by atomic mass is 9.75. The van der Waals surface area contributed by atoms with Gasteiger partial charge in [0.25, 0.3) is 0 Å². The van der Waals surface area contributed by atoms with Crippen molar-refractivity contribution >= 4 is 6.09 Å². The van der Waals surface area contributed by atoms with E-state index in [4.69, 9.17) is 9.47 Å². The molecule has 1 aliphatic rings. The van der Waals surface area contributed by atoms with Crippen LogP contribution < -0.4 is 5.32 Å². The van der Waals surface area contributed by atoms with Crippen LogP contribution in [0, 0.1) is 17.8 Å². The summed E-state index contributed by atoms with van der Waals surface area (Å²) in [6.07, 6.45) is 4.03. The second kappa shape index (κ2) is 8.41. The van der Waals surface area contributed by atoms with Gasteiger partial charge in [0, 0.05) is 20.3 Å². The molecule has 0 saturated heterocycles. The lowest BCUT2D eigenvalue weighted by Crippen LogP contribution is -2.39. The van der Waals surface area contributed by atoms with Gasteiger partial charge >= 0.3 is 6.09 Å². The van der Waals surface area contributed by atoms with Crippen molar-refractivity contribution in [2.24, 2.45) is 17.8 Å². The summed E-state index contributed by atoms with van der Waals surface area (Å²) in [5, 5.41) is 2.80. The zero-order valence-corrected chi connectivity index (χ0v) is 12.8. The predicted molar refractivity (Wildman–Crippen MR) is 76.1 cm³/mol. The molecule has 19 heavy (non-hydrogen) atoms. The fraction of sp³-hybridized carbons (Fsp3) is 0.933. The van der Waals surface area contributed by atoms with Gasteiger partial charge in [-0.25, -0.2) is 4.79 Å². The molecule has 0 heterocycles. The number of carbonyl (C=O) groups excluding carboxylic acids is 1. The second-order valence-corrected chi connectivity index (χ2v) is 6.04. The highest BCUT2D eigenvalue weighted by molar-refractivity contribution is 5.67. The molecule has 1 fully saturated rings. The van der Waals surface area contributed by atoms with E-state index in [9.17, 15) is 4.79 Å². The molecule has 0 aromatic rings. The summed E-state index contributed by atoms with van der Waals surface area (Å²) in [5.41, 5.74) is 0.